The van der Waals surface area contributed by atoms with Crippen molar-refractivity contribution in [2.45, 2.75) is 6.54 Å². The van der Waals surface area contributed by atoms with Crippen molar-refractivity contribution in [3.8, 4) is 23.0 Å². The molecule has 3 heterocycles. The van der Waals surface area contributed by atoms with Gasteiger partial charge in [0.1, 0.15) is 12.4 Å². The molecule has 0 bridgehead atoms. The molecular formula is C14H9FN6O2. The zero-order valence-electron chi connectivity index (χ0n) is 11.6. The van der Waals surface area contributed by atoms with E-state index in [1.54, 1.807) is 24.3 Å². The average Bonchev–Trinajstić information content (AvgIpc) is 3.29. The monoisotopic (exact) mass is 312 g/mol. The van der Waals surface area contributed by atoms with Gasteiger partial charge in [-0.1, -0.05) is 5.16 Å². The van der Waals surface area contributed by atoms with Gasteiger partial charge in [-0.05, 0) is 41.6 Å². The van der Waals surface area contributed by atoms with Crippen LogP contribution < -0.4 is 0 Å². The van der Waals surface area contributed by atoms with Gasteiger partial charge in [0.05, 0.1) is 6.26 Å². The molecule has 0 N–H and O–H groups in total. The lowest BCUT2D eigenvalue weighted by atomic mass is 10.2. The number of halogens is 1. The molecule has 0 aliphatic carbocycles. The van der Waals surface area contributed by atoms with Gasteiger partial charge in [-0.15, -0.1) is 10.2 Å². The van der Waals surface area contributed by atoms with Crippen molar-refractivity contribution in [2.24, 2.45) is 0 Å². The fraction of sp³-hybridized carbons (Fsp3) is 0.0714. The minimum Gasteiger partial charge on any atom is -0.459 e. The third-order valence-corrected chi connectivity index (χ3v) is 3.04. The molecule has 0 saturated carbocycles. The lowest BCUT2D eigenvalue weighted by molar-refractivity contribution is 0.403. The van der Waals surface area contributed by atoms with Crippen molar-refractivity contribution in [1.29, 1.82) is 0 Å². The summed E-state index contributed by atoms with van der Waals surface area (Å²) < 4.78 is 23.2. The number of furan rings is 1. The Kier molecular flexibility index (Phi) is 3.15. The maximum atomic E-state index is 12.9. The van der Waals surface area contributed by atoms with E-state index in [2.05, 4.69) is 25.6 Å². The van der Waals surface area contributed by atoms with Crippen molar-refractivity contribution >= 4 is 0 Å². The quantitative estimate of drug-likeness (QED) is 0.569. The van der Waals surface area contributed by atoms with Crippen molar-refractivity contribution in [1.82, 2.24) is 30.3 Å². The Bertz CT molecular complexity index is 913. The number of aromatic nitrogens is 6. The Balaban J connectivity index is 1.53. The SMILES string of the molecule is Fc1ccc(-c2nnn(Cc3noc(-c4ccco4)n3)n2)cc1. The average molecular weight is 312 g/mol. The van der Waals surface area contributed by atoms with Crippen LogP contribution in [0.1, 0.15) is 5.82 Å². The Morgan fingerprint density at radius 3 is 2.78 bits per heavy atom. The highest BCUT2D eigenvalue weighted by Gasteiger charge is 2.13. The summed E-state index contributed by atoms with van der Waals surface area (Å²) in [5.74, 6) is 1.23. The van der Waals surface area contributed by atoms with Crippen LogP contribution in [-0.2, 0) is 6.54 Å². The van der Waals surface area contributed by atoms with Gasteiger partial charge in [-0.2, -0.15) is 9.78 Å². The summed E-state index contributed by atoms with van der Waals surface area (Å²) >= 11 is 0. The first kappa shape index (κ1) is 13.3. The lowest BCUT2D eigenvalue weighted by Gasteiger charge is -1.93. The van der Waals surface area contributed by atoms with Crippen LogP contribution in [0.3, 0.4) is 0 Å². The largest absolute Gasteiger partial charge is 0.459 e. The number of tetrazole rings is 1. The van der Waals surface area contributed by atoms with E-state index in [9.17, 15) is 4.39 Å². The molecule has 0 unspecified atom stereocenters. The van der Waals surface area contributed by atoms with Crippen LogP contribution in [0.2, 0.25) is 0 Å². The molecule has 0 atom stereocenters. The first-order valence-corrected chi connectivity index (χ1v) is 6.68. The van der Waals surface area contributed by atoms with E-state index in [-0.39, 0.29) is 18.3 Å². The second-order valence-electron chi connectivity index (χ2n) is 4.64. The smallest absolute Gasteiger partial charge is 0.293 e. The first-order chi connectivity index (χ1) is 11.3. The molecule has 8 nitrogen and oxygen atoms in total. The Morgan fingerprint density at radius 2 is 2.00 bits per heavy atom. The Labute approximate surface area is 128 Å². The van der Waals surface area contributed by atoms with E-state index in [1.165, 1.54) is 23.2 Å². The molecule has 0 spiro atoms. The lowest BCUT2D eigenvalue weighted by Crippen LogP contribution is -2.05. The molecule has 0 saturated heterocycles. The number of nitrogens with zero attached hydrogens (tertiary/aromatic N) is 6. The van der Waals surface area contributed by atoms with Crippen molar-refractivity contribution in [3.05, 3.63) is 54.3 Å². The van der Waals surface area contributed by atoms with Crippen LogP contribution in [-0.4, -0.2) is 30.3 Å². The summed E-state index contributed by atoms with van der Waals surface area (Å²) in [6.07, 6.45) is 1.52. The number of hydrogen-bond acceptors (Lipinski definition) is 7. The zero-order chi connectivity index (χ0) is 15.6. The molecule has 1 aromatic carbocycles. The molecule has 4 rings (SSSR count). The maximum absolute atomic E-state index is 12.9. The molecule has 0 aliphatic rings. The van der Waals surface area contributed by atoms with Crippen molar-refractivity contribution in [2.75, 3.05) is 0 Å². The Hall–Kier alpha value is -3.36. The molecule has 0 radical (unpaired) electrons. The Morgan fingerprint density at radius 1 is 1.13 bits per heavy atom. The molecule has 0 aliphatic heterocycles. The normalized spacial score (nSPS) is 11.0. The summed E-state index contributed by atoms with van der Waals surface area (Å²) in [6.45, 7) is 0.193. The molecular weight excluding hydrogens is 303 g/mol. The van der Waals surface area contributed by atoms with E-state index in [4.69, 9.17) is 8.94 Å². The van der Waals surface area contributed by atoms with Crippen LogP contribution in [0.15, 0.2) is 51.6 Å². The molecule has 4 aromatic rings. The molecule has 0 amide bonds. The highest BCUT2D eigenvalue weighted by Crippen LogP contribution is 2.17. The van der Waals surface area contributed by atoms with Gasteiger partial charge >= 0.3 is 0 Å². The van der Waals surface area contributed by atoms with Crippen molar-refractivity contribution < 1.29 is 13.3 Å². The van der Waals surface area contributed by atoms with Crippen molar-refractivity contribution in [3.63, 3.8) is 0 Å². The fourth-order valence-electron chi connectivity index (χ4n) is 1.97. The van der Waals surface area contributed by atoms with E-state index >= 15 is 0 Å². The van der Waals surface area contributed by atoms with Crippen LogP contribution in [0.4, 0.5) is 4.39 Å². The van der Waals surface area contributed by atoms with Crippen LogP contribution in [0, 0.1) is 5.82 Å². The van der Waals surface area contributed by atoms with Gasteiger partial charge in [0.15, 0.2) is 11.6 Å². The molecule has 0 fully saturated rings. The summed E-state index contributed by atoms with van der Waals surface area (Å²) in [4.78, 5) is 5.52. The van der Waals surface area contributed by atoms with Gasteiger partial charge in [-0.3, -0.25) is 0 Å². The topological polar surface area (TPSA) is 95.7 Å². The van der Waals surface area contributed by atoms with Crippen LogP contribution >= 0.6 is 0 Å². The van der Waals surface area contributed by atoms with E-state index in [1.807, 2.05) is 0 Å². The zero-order valence-corrected chi connectivity index (χ0v) is 11.6. The predicted molar refractivity (Wildman–Crippen MR) is 74.3 cm³/mol. The molecule has 23 heavy (non-hydrogen) atoms. The molecule has 9 heteroatoms. The van der Waals surface area contributed by atoms with E-state index in [0.29, 0.717) is 23.0 Å². The predicted octanol–water partition coefficient (Wildman–Crippen LogP) is 2.17. The second kappa shape index (κ2) is 5.44. The summed E-state index contributed by atoms with van der Waals surface area (Å²) in [6, 6.07) is 9.29. The van der Waals surface area contributed by atoms with Gasteiger partial charge in [0.2, 0.25) is 5.82 Å². The highest BCUT2D eigenvalue weighted by molar-refractivity contribution is 5.53. The minimum atomic E-state index is -0.321. The standard InChI is InChI=1S/C14H9FN6O2/c15-10-5-3-9(4-6-10)13-17-20-21(18-13)8-12-16-14(23-19-12)11-2-1-7-22-11/h1-7H,8H2. The third kappa shape index (κ3) is 2.71. The summed E-state index contributed by atoms with van der Waals surface area (Å²) in [7, 11) is 0. The number of hydrogen-bond donors (Lipinski definition) is 0. The van der Waals surface area contributed by atoms with Crippen LogP contribution in [0.5, 0.6) is 0 Å². The minimum absolute atomic E-state index is 0.193. The van der Waals surface area contributed by atoms with Gasteiger partial charge < -0.3 is 8.94 Å². The van der Waals surface area contributed by atoms with Crippen LogP contribution in [0.25, 0.3) is 23.0 Å². The maximum Gasteiger partial charge on any atom is 0.293 e. The summed E-state index contributed by atoms with van der Waals surface area (Å²) in [5.41, 5.74) is 0.669. The summed E-state index contributed by atoms with van der Waals surface area (Å²) in [5, 5.41) is 15.9. The van der Waals surface area contributed by atoms with E-state index < -0.39 is 0 Å². The highest BCUT2D eigenvalue weighted by atomic mass is 19.1. The van der Waals surface area contributed by atoms with Gasteiger partial charge in [0, 0.05) is 5.56 Å². The fourth-order valence-corrected chi connectivity index (χ4v) is 1.97. The van der Waals surface area contributed by atoms with Gasteiger partial charge in [0.25, 0.3) is 5.89 Å². The number of rotatable bonds is 4. The second-order valence-corrected chi connectivity index (χ2v) is 4.64. The van der Waals surface area contributed by atoms with Gasteiger partial charge in [-0.25, -0.2) is 4.39 Å². The van der Waals surface area contributed by atoms with E-state index in [0.717, 1.165) is 0 Å². The number of benzene rings is 1. The first-order valence-electron chi connectivity index (χ1n) is 6.68. The molecule has 114 valence electrons. The molecule has 3 aromatic heterocycles. The third-order valence-electron chi connectivity index (χ3n) is 3.04.